The van der Waals surface area contributed by atoms with Gasteiger partial charge in [-0.15, -0.1) is 22.9 Å². The third-order valence-electron chi connectivity index (χ3n) is 5.60. The first-order valence-electron chi connectivity index (χ1n) is 9.82. The molecule has 1 saturated carbocycles. The van der Waals surface area contributed by atoms with Gasteiger partial charge in [0.05, 0.1) is 6.04 Å². The second kappa shape index (κ2) is 7.88. The first kappa shape index (κ1) is 19.5. The van der Waals surface area contributed by atoms with E-state index in [4.69, 9.17) is 11.6 Å². The Labute approximate surface area is 175 Å². The van der Waals surface area contributed by atoms with Crippen molar-refractivity contribution in [3.05, 3.63) is 57.3 Å². The third kappa shape index (κ3) is 3.83. The Kier molecular flexibility index (Phi) is 5.48. The first-order chi connectivity index (χ1) is 13.5. The molecule has 2 aliphatic rings. The molecule has 6 heteroatoms. The fraction of sp³-hybridized carbons (Fsp3) is 0.455. The first-order valence-corrected chi connectivity index (χ1v) is 11.1. The van der Waals surface area contributed by atoms with Crippen LogP contribution in [0.15, 0.2) is 35.7 Å². The van der Waals surface area contributed by atoms with Gasteiger partial charge in [-0.2, -0.15) is 0 Å². The average molecular weight is 417 g/mol. The summed E-state index contributed by atoms with van der Waals surface area (Å²) < 4.78 is 0. The molecule has 2 heterocycles. The summed E-state index contributed by atoms with van der Waals surface area (Å²) >= 11 is 7.80. The third-order valence-corrected chi connectivity index (χ3v) is 6.78. The van der Waals surface area contributed by atoms with Gasteiger partial charge >= 0.3 is 0 Å². The van der Waals surface area contributed by atoms with Gasteiger partial charge in [-0.3, -0.25) is 9.59 Å². The van der Waals surface area contributed by atoms with Crippen LogP contribution in [0.3, 0.4) is 0 Å². The Hall–Kier alpha value is -1.85. The smallest absolute Gasteiger partial charge is 0.243 e. The van der Waals surface area contributed by atoms with Crippen LogP contribution in [0, 0.1) is 6.92 Å². The zero-order valence-electron chi connectivity index (χ0n) is 16.2. The Morgan fingerprint density at radius 1 is 1.25 bits per heavy atom. The van der Waals surface area contributed by atoms with Crippen molar-refractivity contribution in [2.75, 3.05) is 13.1 Å². The molecule has 1 aliphatic heterocycles. The number of thiophene rings is 1. The van der Waals surface area contributed by atoms with E-state index in [1.165, 1.54) is 16.0 Å². The number of alkyl halides is 1. The summed E-state index contributed by atoms with van der Waals surface area (Å²) in [6, 6.07) is 10.6. The topological polar surface area (TPSA) is 40.6 Å². The fourth-order valence-electron chi connectivity index (χ4n) is 3.93. The number of hydrogen-bond donors (Lipinski definition) is 0. The summed E-state index contributed by atoms with van der Waals surface area (Å²) in [5.74, 6) is -0.141. The Morgan fingerprint density at radius 2 is 1.96 bits per heavy atom. The summed E-state index contributed by atoms with van der Waals surface area (Å²) in [5.41, 5.74) is 3.53. The van der Waals surface area contributed by atoms with Crippen molar-refractivity contribution in [1.82, 2.24) is 9.80 Å². The molecule has 1 aliphatic carbocycles. The SMILES string of the molecule is Cc1ccc([C@H]2c3ccsc3CCN2C(=O)CN(C(=O)[C@@H](C)Cl)C2CC2)cc1. The quantitative estimate of drug-likeness (QED) is 0.687. The largest absolute Gasteiger partial charge is 0.330 e. The van der Waals surface area contributed by atoms with E-state index in [9.17, 15) is 9.59 Å². The molecule has 4 rings (SSSR count). The normalized spacial score (nSPS) is 19.8. The molecule has 0 saturated heterocycles. The van der Waals surface area contributed by atoms with Crippen LogP contribution in [0.1, 0.15) is 47.4 Å². The lowest BCUT2D eigenvalue weighted by Gasteiger charge is -2.38. The monoisotopic (exact) mass is 416 g/mol. The summed E-state index contributed by atoms with van der Waals surface area (Å²) in [5, 5.41) is 1.50. The van der Waals surface area contributed by atoms with Gasteiger partial charge in [-0.25, -0.2) is 0 Å². The number of aryl methyl sites for hydroxylation is 1. The number of fused-ring (bicyclic) bond motifs is 1. The molecule has 2 amide bonds. The summed E-state index contributed by atoms with van der Waals surface area (Å²) in [4.78, 5) is 30.8. The highest BCUT2D eigenvalue weighted by molar-refractivity contribution is 7.10. The van der Waals surface area contributed by atoms with Gasteiger partial charge in [-0.1, -0.05) is 29.8 Å². The highest BCUT2D eigenvalue weighted by Crippen LogP contribution is 2.38. The van der Waals surface area contributed by atoms with Crippen LogP contribution in [-0.2, 0) is 16.0 Å². The van der Waals surface area contributed by atoms with Crippen LogP contribution < -0.4 is 0 Å². The molecule has 0 spiro atoms. The van der Waals surface area contributed by atoms with Crippen molar-refractivity contribution < 1.29 is 9.59 Å². The van der Waals surface area contributed by atoms with Crippen molar-refractivity contribution in [3.63, 3.8) is 0 Å². The van der Waals surface area contributed by atoms with E-state index in [0.29, 0.717) is 6.54 Å². The van der Waals surface area contributed by atoms with Gasteiger partial charge in [0, 0.05) is 17.5 Å². The maximum atomic E-state index is 13.3. The van der Waals surface area contributed by atoms with Gasteiger partial charge in [0.2, 0.25) is 11.8 Å². The molecule has 148 valence electrons. The van der Waals surface area contributed by atoms with E-state index in [2.05, 4.69) is 42.6 Å². The van der Waals surface area contributed by atoms with Crippen LogP contribution >= 0.6 is 22.9 Å². The number of carbonyl (C=O) groups excluding carboxylic acids is 2. The summed E-state index contributed by atoms with van der Waals surface area (Å²) in [6.07, 6.45) is 2.78. The highest BCUT2D eigenvalue weighted by Gasteiger charge is 2.38. The number of halogens is 1. The predicted octanol–water partition coefficient (Wildman–Crippen LogP) is 4.15. The number of carbonyl (C=O) groups is 2. The molecule has 0 bridgehead atoms. The van der Waals surface area contributed by atoms with Gasteiger partial charge in [0.25, 0.3) is 0 Å². The number of amides is 2. The molecule has 2 aromatic rings. The zero-order chi connectivity index (χ0) is 19.8. The van der Waals surface area contributed by atoms with E-state index in [-0.39, 0.29) is 30.4 Å². The molecule has 1 aromatic carbocycles. The lowest BCUT2D eigenvalue weighted by molar-refractivity contribution is -0.141. The fourth-order valence-corrected chi connectivity index (χ4v) is 4.96. The molecule has 1 fully saturated rings. The van der Waals surface area contributed by atoms with Gasteiger partial charge in [-0.05, 0) is 55.7 Å². The lowest BCUT2D eigenvalue weighted by Crippen LogP contribution is -2.48. The van der Waals surface area contributed by atoms with Crippen LogP contribution in [0.25, 0.3) is 0 Å². The molecule has 0 N–H and O–H groups in total. The molecule has 28 heavy (non-hydrogen) atoms. The van der Waals surface area contributed by atoms with Gasteiger partial charge in [0.15, 0.2) is 0 Å². The molecule has 4 nitrogen and oxygen atoms in total. The predicted molar refractivity (Wildman–Crippen MR) is 113 cm³/mol. The minimum atomic E-state index is -0.605. The Morgan fingerprint density at radius 3 is 2.61 bits per heavy atom. The van der Waals surface area contributed by atoms with Crippen molar-refractivity contribution in [2.24, 2.45) is 0 Å². The standard InChI is InChI=1S/C22H25ClN2O2S/c1-14-3-5-16(6-4-14)21-18-10-12-28-19(18)9-11-24(21)20(26)13-25(17-7-8-17)22(27)15(2)23/h3-6,10,12,15,17,21H,7-9,11,13H2,1-2H3/t15-,21+/m1/s1. The summed E-state index contributed by atoms with van der Waals surface area (Å²) in [6.45, 7) is 4.53. The van der Waals surface area contributed by atoms with Crippen molar-refractivity contribution in [1.29, 1.82) is 0 Å². The second-order valence-corrected chi connectivity index (χ2v) is 9.42. The van der Waals surface area contributed by atoms with Gasteiger partial charge in [0.1, 0.15) is 11.9 Å². The van der Waals surface area contributed by atoms with E-state index in [0.717, 1.165) is 24.8 Å². The van der Waals surface area contributed by atoms with E-state index in [1.807, 2.05) is 4.90 Å². The Balaban J connectivity index is 1.62. The van der Waals surface area contributed by atoms with Crippen LogP contribution in [0.5, 0.6) is 0 Å². The highest BCUT2D eigenvalue weighted by atomic mass is 35.5. The lowest BCUT2D eigenvalue weighted by atomic mass is 9.92. The molecule has 0 unspecified atom stereocenters. The number of benzene rings is 1. The molecule has 1 aromatic heterocycles. The molecular formula is C22H25ClN2O2S. The van der Waals surface area contributed by atoms with Crippen molar-refractivity contribution >= 4 is 34.8 Å². The minimum Gasteiger partial charge on any atom is -0.330 e. The maximum Gasteiger partial charge on any atom is 0.243 e. The number of hydrogen-bond acceptors (Lipinski definition) is 3. The molecular weight excluding hydrogens is 392 g/mol. The second-order valence-electron chi connectivity index (χ2n) is 7.76. The van der Waals surface area contributed by atoms with E-state index < -0.39 is 5.38 Å². The van der Waals surface area contributed by atoms with Crippen LogP contribution in [0.2, 0.25) is 0 Å². The van der Waals surface area contributed by atoms with E-state index in [1.54, 1.807) is 23.2 Å². The van der Waals surface area contributed by atoms with Crippen molar-refractivity contribution in [3.8, 4) is 0 Å². The van der Waals surface area contributed by atoms with Crippen LogP contribution in [0.4, 0.5) is 0 Å². The number of rotatable bonds is 5. The van der Waals surface area contributed by atoms with E-state index >= 15 is 0 Å². The van der Waals surface area contributed by atoms with Crippen molar-refractivity contribution in [2.45, 2.75) is 50.6 Å². The zero-order valence-corrected chi connectivity index (χ0v) is 17.8. The maximum absolute atomic E-state index is 13.3. The molecule has 2 atom stereocenters. The summed E-state index contributed by atoms with van der Waals surface area (Å²) in [7, 11) is 0. The Bertz CT molecular complexity index is 873. The average Bonchev–Trinajstić information content (AvgIpc) is 3.41. The van der Waals surface area contributed by atoms with Gasteiger partial charge < -0.3 is 9.80 Å². The van der Waals surface area contributed by atoms with Crippen LogP contribution in [-0.4, -0.2) is 46.1 Å². The minimum absolute atomic E-state index is 0.00000772. The molecule has 0 radical (unpaired) electrons. The number of nitrogens with zero attached hydrogens (tertiary/aromatic N) is 2.